The summed E-state index contributed by atoms with van der Waals surface area (Å²) in [6.45, 7) is 5.30. The number of ether oxygens (including phenoxy) is 1. The van der Waals surface area contributed by atoms with Crippen molar-refractivity contribution in [1.82, 2.24) is 19.6 Å². The first-order chi connectivity index (χ1) is 12.7. The SMILES string of the molecule is CCc1cc(N2CCN(c3ccc(OC)c(F)c3)CC2)n2ncnc2n1. The fourth-order valence-corrected chi connectivity index (χ4v) is 3.30. The minimum absolute atomic E-state index is 0.268. The lowest BCUT2D eigenvalue weighted by Gasteiger charge is -2.37. The quantitative estimate of drug-likeness (QED) is 0.714. The maximum Gasteiger partial charge on any atom is 0.254 e. The van der Waals surface area contributed by atoms with Crippen molar-refractivity contribution in [3.8, 4) is 5.75 Å². The predicted octanol–water partition coefficient (Wildman–Crippen LogP) is 2.16. The number of hydrogen-bond acceptors (Lipinski definition) is 6. The van der Waals surface area contributed by atoms with Crippen molar-refractivity contribution in [2.75, 3.05) is 43.1 Å². The Kier molecular flexibility index (Phi) is 4.32. The number of aromatic nitrogens is 4. The number of hydrogen-bond donors (Lipinski definition) is 0. The van der Waals surface area contributed by atoms with E-state index in [1.54, 1.807) is 10.6 Å². The average Bonchev–Trinajstić information content (AvgIpc) is 3.16. The fourth-order valence-electron chi connectivity index (χ4n) is 3.30. The Morgan fingerprint density at radius 3 is 2.58 bits per heavy atom. The van der Waals surface area contributed by atoms with Crippen LogP contribution >= 0.6 is 0 Å². The Morgan fingerprint density at radius 2 is 1.88 bits per heavy atom. The minimum atomic E-state index is -0.335. The Balaban J connectivity index is 1.54. The predicted molar refractivity (Wildman–Crippen MR) is 97.5 cm³/mol. The van der Waals surface area contributed by atoms with Crippen molar-refractivity contribution in [3.63, 3.8) is 0 Å². The number of anilines is 2. The molecule has 0 saturated carbocycles. The highest BCUT2D eigenvalue weighted by Crippen LogP contribution is 2.25. The highest BCUT2D eigenvalue weighted by atomic mass is 19.1. The summed E-state index contributed by atoms with van der Waals surface area (Å²) in [6, 6.07) is 7.18. The molecule has 0 aliphatic carbocycles. The molecule has 0 radical (unpaired) electrons. The molecule has 0 N–H and O–H groups in total. The van der Waals surface area contributed by atoms with Gasteiger partial charge < -0.3 is 14.5 Å². The van der Waals surface area contributed by atoms with Crippen molar-refractivity contribution >= 4 is 17.3 Å². The topological polar surface area (TPSA) is 58.8 Å². The van der Waals surface area contributed by atoms with Gasteiger partial charge >= 0.3 is 0 Å². The van der Waals surface area contributed by atoms with E-state index in [0.29, 0.717) is 5.78 Å². The molecule has 26 heavy (non-hydrogen) atoms. The van der Waals surface area contributed by atoms with E-state index in [1.165, 1.54) is 19.5 Å². The van der Waals surface area contributed by atoms with Gasteiger partial charge in [0.25, 0.3) is 5.78 Å². The number of aryl methyl sites for hydroxylation is 1. The van der Waals surface area contributed by atoms with Gasteiger partial charge in [0.2, 0.25) is 0 Å². The van der Waals surface area contributed by atoms with Crippen LogP contribution in [0.1, 0.15) is 12.6 Å². The highest BCUT2D eigenvalue weighted by molar-refractivity contribution is 5.53. The molecular formula is C18H21FN6O. The third-order valence-corrected chi connectivity index (χ3v) is 4.75. The van der Waals surface area contributed by atoms with Crippen molar-refractivity contribution in [2.45, 2.75) is 13.3 Å². The van der Waals surface area contributed by atoms with E-state index in [1.807, 2.05) is 6.07 Å². The fraction of sp³-hybridized carbons (Fsp3) is 0.389. The molecule has 0 bridgehead atoms. The molecule has 0 amide bonds. The monoisotopic (exact) mass is 356 g/mol. The van der Waals surface area contributed by atoms with Gasteiger partial charge in [0, 0.05) is 49.7 Å². The number of halogens is 1. The second-order valence-electron chi connectivity index (χ2n) is 6.22. The van der Waals surface area contributed by atoms with Gasteiger partial charge in [0.05, 0.1) is 7.11 Å². The van der Waals surface area contributed by atoms with Crippen LogP contribution in [0.5, 0.6) is 5.75 Å². The Morgan fingerprint density at radius 1 is 1.12 bits per heavy atom. The largest absolute Gasteiger partial charge is 0.494 e. The molecule has 1 aliphatic heterocycles. The first-order valence-electron chi connectivity index (χ1n) is 8.72. The summed E-state index contributed by atoms with van der Waals surface area (Å²) in [5.41, 5.74) is 1.87. The second kappa shape index (κ2) is 6.78. The Bertz CT molecular complexity index is 919. The van der Waals surface area contributed by atoms with E-state index in [-0.39, 0.29) is 11.6 Å². The molecule has 3 aromatic rings. The van der Waals surface area contributed by atoms with Crippen LogP contribution in [0.25, 0.3) is 5.78 Å². The summed E-state index contributed by atoms with van der Waals surface area (Å²) in [6.07, 6.45) is 2.38. The molecule has 0 atom stereocenters. The number of rotatable bonds is 4. The molecule has 8 heteroatoms. The lowest BCUT2D eigenvalue weighted by atomic mass is 10.2. The summed E-state index contributed by atoms with van der Waals surface area (Å²) in [5, 5.41) is 4.30. The lowest BCUT2D eigenvalue weighted by molar-refractivity contribution is 0.386. The molecule has 2 aromatic heterocycles. The van der Waals surface area contributed by atoms with Gasteiger partial charge in [-0.25, -0.2) is 9.37 Å². The molecular weight excluding hydrogens is 335 g/mol. The van der Waals surface area contributed by atoms with Gasteiger partial charge in [0.1, 0.15) is 12.1 Å². The molecule has 7 nitrogen and oxygen atoms in total. The summed E-state index contributed by atoms with van der Waals surface area (Å²) >= 11 is 0. The summed E-state index contributed by atoms with van der Waals surface area (Å²) in [4.78, 5) is 13.2. The second-order valence-corrected chi connectivity index (χ2v) is 6.22. The molecule has 0 spiro atoms. The van der Waals surface area contributed by atoms with Crippen molar-refractivity contribution in [3.05, 3.63) is 42.1 Å². The highest BCUT2D eigenvalue weighted by Gasteiger charge is 2.21. The minimum Gasteiger partial charge on any atom is -0.494 e. The van der Waals surface area contributed by atoms with Crippen molar-refractivity contribution in [1.29, 1.82) is 0 Å². The van der Waals surface area contributed by atoms with E-state index in [4.69, 9.17) is 4.74 Å². The molecule has 0 unspecified atom stereocenters. The molecule has 1 aliphatic rings. The number of fused-ring (bicyclic) bond motifs is 1. The molecule has 4 rings (SSSR count). The zero-order valence-corrected chi connectivity index (χ0v) is 14.9. The smallest absolute Gasteiger partial charge is 0.254 e. The van der Waals surface area contributed by atoms with E-state index >= 15 is 0 Å². The van der Waals surface area contributed by atoms with Gasteiger partial charge in [-0.05, 0) is 18.6 Å². The van der Waals surface area contributed by atoms with Gasteiger partial charge in [-0.1, -0.05) is 6.92 Å². The van der Waals surface area contributed by atoms with Gasteiger partial charge in [-0.2, -0.15) is 14.6 Å². The zero-order valence-electron chi connectivity index (χ0n) is 14.9. The molecule has 136 valence electrons. The van der Waals surface area contributed by atoms with Crippen molar-refractivity contribution in [2.24, 2.45) is 0 Å². The van der Waals surface area contributed by atoms with Crippen LogP contribution in [0, 0.1) is 5.82 Å². The van der Waals surface area contributed by atoms with Gasteiger partial charge in [-0.3, -0.25) is 0 Å². The van der Waals surface area contributed by atoms with Crippen LogP contribution in [0.15, 0.2) is 30.6 Å². The van der Waals surface area contributed by atoms with Crippen molar-refractivity contribution < 1.29 is 9.13 Å². The number of methoxy groups -OCH3 is 1. The van der Waals surface area contributed by atoms with Crippen LogP contribution in [0.3, 0.4) is 0 Å². The summed E-state index contributed by atoms with van der Waals surface area (Å²) in [7, 11) is 1.47. The van der Waals surface area contributed by atoms with Crippen LogP contribution in [-0.2, 0) is 6.42 Å². The number of piperazine rings is 1. The van der Waals surface area contributed by atoms with Crippen LogP contribution in [-0.4, -0.2) is 52.9 Å². The molecule has 1 aromatic carbocycles. The van der Waals surface area contributed by atoms with E-state index in [2.05, 4.69) is 37.9 Å². The van der Waals surface area contributed by atoms with E-state index < -0.39 is 0 Å². The molecule has 3 heterocycles. The third-order valence-electron chi connectivity index (χ3n) is 4.75. The Hall–Kier alpha value is -2.90. The van der Waals surface area contributed by atoms with E-state index in [0.717, 1.165) is 49.8 Å². The standard InChI is InChI=1S/C18H21FN6O/c1-3-13-10-17(25-18(22-13)20-12-21-25)24-8-6-23(7-9-24)14-4-5-16(26-2)15(19)11-14/h4-5,10-12H,3,6-9H2,1-2H3. The maximum atomic E-state index is 14.0. The number of nitrogens with zero attached hydrogens (tertiary/aromatic N) is 6. The van der Waals surface area contributed by atoms with Gasteiger partial charge in [0.15, 0.2) is 11.6 Å². The van der Waals surface area contributed by atoms with Crippen LogP contribution in [0.2, 0.25) is 0 Å². The summed E-state index contributed by atoms with van der Waals surface area (Å²) < 4.78 is 20.8. The van der Waals surface area contributed by atoms with Crippen LogP contribution in [0.4, 0.5) is 15.9 Å². The Labute approximate surface area is 151 Å². The third kappa shape index (κ3) is 2.91. The van der Waals surface area contributed by atoms with Gasteiger partial charge in [-0.15, -0.1) is 0 Å². The molecule has 1 fully saturated rings. The average molecular weight is 356 g/mol. The number of benzene rings is 1. The van der Waals surface area contributed by atoms with Crippen LogP contribution < -0.4 is 14.5 Å². The normalized spacial score (nSPS) is 14.9. The zero-order chi connectivity index (χ0) is 18.1. The first-order valence-corrected chi connectivity index (χ1v) is 8.72. The summed E-state index contributed by atoms with van der Waals surface area (Å²) in [5.74, 6) is 1.56. The maximum absolute atomic E-state index is 14.0. The lowest BCUT2D eigenvalue weighted by Crippen LogP contribution is -2.47. The first kappa shape index (κ1) is 16.6. The molecule has 1 saturated heterocycles. The van der Waals surface area contributed by atoms with E-state index in [9.17, 15) is 4.39 Å².